The molecule has 0 bridgehead atoms. The highest BCUT2D eigenvalue weighted by Crippen LogP contribution is 2.45. The van der Waals surface area contributed by atoms with Crippen molar-refractivity contribution >= 4 is 17.3 Å². The highest BCUT2D eigenvalue weighted by molar-refractivity contribution is 7.13. The van der Waals surface area contributed by atoms with Crippen LogP contribution >= 0.6 is 11.3 Å². The van der Waals surface area contributed by atoms with Crippen molar-refractivity contribution in [3.8, 4) is 33.2 Å². The van der Waals surface area contributed by atoms with Gasteiger partial charge in [0.2, 0.25) is 0 Å². The SMILES string of the molecule is CNC(C)(C)C.COc1cc2c(cc1OC1CCCCO1)-c1c(-c3cccs3)cc(C(=O)O)n1CC2. The first-order valence-electron chi connectivity index (χ1n) is 12.4. The fourth-order valence-electron chi connectivity index (χ4n) is 4.33. The molecule has 1 unspecified atom stereocenters. The summed E-state index contributed by atoms with van der Waals surface area (Å²) in [6.07, 6.45) is 3.42. The number of hydrogen-bond donors (Lipinski definition) is 2. The number of nitrogens with one attached hydrogen (secondary N) is 1. The zero-order valence-electron chi connectivity index (χ0n) is 21.7. The lowest BCUT2D eigenvalue weighted by Crippen LogP contribution is -2.31. The molecule has 5 rings (SSSR count). The normalized spacial score (nSPS) is 16.9. The van der Waals surface area contributed by atoms with Gasteiger partial charge in [-0.15, -0.1) is 11.3 Å². The summed E-state index contributed by atoms with van der Waals surface area (Å²) in [5.74, 6) is 0.397. The Morgan fingerprint density at radius 2 is 1.97 bits per heavy atom. The Hall–Kier alpha value is -2.81. The zero-order chi connectivity index (χ0) is 25.9. The van der Waals surface area contributed by atoms with Gasteiger partial charge in [0.05, 0.1) is 19.4 Å². The molecule has 0 amide bonds. The Kier molecular flexibility index (Phi) is 8.07. The van der Waals surface area contributed by atoms with Crippen LogP contribution in [0.3, 0.4) is 0 Å². The average Bonchev–Trinajstić information content (AvgIpc) is 3.52. The van der Waals surface area contributed by atoms with E-state index in [4.69, 9.17) is 14.2 Å². The van der Waals surface area contributed by atoms with Crippen molar-refractivity contribution in [2.45, 2.75) is 64.8 Å². The van der Waals surface area contributed by atoms with Gasteiger partial charge in [-0.1, -0.05) is 6.07 Å². The Bertz CT molecular complexity index is 1190. The quantitative estimate of drug-likeness (QED) is 0.433. The summed E-state index contributed by atoms with van der Waals surface area (Å²) in [5, 5.41) is 14.9. The molecule has 0 aliphatic carbocycles. The molecular weight excluding hydrogens is 476 g/mol. The van der Waals surface area contributed by atoms with Crippen molar-refractivity contribution < 1.29 is 24.1 Å². The van der Waals surface area contributed by atoms with Gasteiger partial charge in [0.25, 0.3) is 0 Å². The number of methoxy groups -OCH3 is 1. The molecule has 3 aromatic rings. The first kappa shape index (κ1) is 26.3. The largest absolute Gasteiger partial charge is 0.493 e. The third kappa shape index (κ3) is 5.77. The molecule has 1 aromatic carbocycles. The number of aromatic carboxylic acids is 1. The van der Waals surface area contributed by atoms with Crippen LogP contribution in [0.2, 0.25) is 0 Å². The molecule has 7 nitrogen and oxygen atoms in total. The van der Waals surface area contributed by atoms with Crippen molar-refractivity contribution in [2.24, 2.45) is 0 Å². The van der Waals surface area contributed by atoms with E-state index in [0.29, 0.717) is 35.9 Å². The maximum absolute atomic E-state index is 11.9. The average molecular weight is 513 g/mol. The summed E-state index contributed by atoms with van der Waals surface area (Å²) in [6, 6.07) is 9.80. The Balaban J connectivity index is 0.000000455. The number of aromatic nitrogens is 1. The number of hydrogen-bond acceptors (Lipinski definition) is 6. The van der Waals surface area contributed by atoms with Crippen LogP contribution in [-0.4, -0.2) is 48.2 Å². The summed E-state index contributed by atoms with van der Waals surface area (Å²) in [6.45, 7) is 7.71. The summed E-state index contributed by atoms with van der Waals surface area (Å²) in [4.78, 5) is 13.0. The second-order valence-electron chi connectivity index (χ2n) is 10.1. The van der Waals surface area contributed by atoms with Gasteiger partial charge in [-0.3, -0.25) is 0 Å². The molecule has 2 aromatic heterocycles. The topological polar surface area (TPSA) is 81.9 Å². The molecule has 1 atom stereocenters. The van der Waals surface area contributed by atoms with Crippen LogP contribution in [0.4, 0.5) is 0 Å². The van der Waals surface area contributed by atoms with Gasteiger partial charge < -0.3 is 29.2 Å². The summed E-state index contributed by atoms with van der Waals surface area (Å²) < 4.78 is 19.4. The fraction of sp³-hybridized carbons (Fsp3) is 0.464. The van der Waals surface area contributed by atoms with Gasteiger partial charge in [-0.25, -0.2) is 4.79 Å². The number of nitrogens with zero attached hydrogens (tertiary/aromatic N) is 1. The summed E-state index contributed by atoms with van der Waals surface area (Å²) >= 11 is 1.61. The molecule has 0 spiro atoms. The lowest BCUT2D eigenvalue weighted by atomic mass is 9.95. The third-order valence-corrected chi connectivity index (χ3v) is 7.40. The molecule has 0 saturated carbocycles. The minimum atomic E-state index is -0.914. The second-order valence-corrected chi connectivity index (χ2v) is 11.0. The number of aryl methyl sites for hydroxylation is 1. The predicted molar refractivity (Wildman–Crippen MR) is 143 cm³/mol. The first-order valence-corrected chi connectivity index (χ1v) is 13.3. The van der Waals surface area contributed by atoms with Crippen molar-refractivity contribution in [3.05, 3.63) is 47.0 Å². The molecule has 36 heavy (non-hydrogen) atoms. The number of carboxylic acid groups (broad SMARTS) is 1. The molecule has 0 radical (unpaired) electrons. The highest BCUT2D eigenvalue weighted by Gasteiger charge is 2.29. The number of carbonyl (C=O) groups is 1. The van der Waals surface area contributed by atoms with E-state index in [-0.39, 0.29) is 6.29 Å². The molecule has 194 valence electrons. The van der Waals surface area contributed by atoms with Gasteiger partial charge in [0, 0.05) is 34.5 Å². The van der Waals surface area contributed by atoms with Gasteiger partial charge in [0.15, 0.2) is 17.8 Å². The van der Waals surface area contributed by atoms with E-state index in [9.17, 15) is 9.90 Å². The standard InChI is InChI=1S/C23H23NO5S.C5H13N/c1-27-18-11-14-7-8-24-17(23(25)26)12-16(20-5-4-10-30-20)22(24)15(14)13-19(18)29-21-6-2-3-9-28-21;1-5(2,3)6-4/h4-5,10-13,21H,2-3,6-9H2,1H3,(H,25,26);6H,1-4H3. The molecule has 1 saturated heterocycles. The smallest absolute Gasteiger partial charge is 0.352 e. The Morgan fingerprint density at radius 3 is 2.56 bits per heavy atom. The lowest BCUT2D eigenvalue weighted by molar-refractivity contribution is -0.106. The number of fused-ring (bicyclic) bond motifs is 3. The van der Waals surface area contributed by atoms with E-state index in [0.717, 1.165) is 52.9 Å². The number of carboxylic acids is 1. The molecule has 2 aliphatic heterocycles. The van der Waals surface area contributed by atoms with Crippen LogP contribution in [0.15, 0.2) is 35.7 Å². The summed E-state index contributed by atoms with van der Waals surface area (Å²) in [5.41, 5.74) is 4.59. The minimum absolute atomic E-state index is 0.285. The Morgan fingerprint density at radius 1 is 1.19 bits per heavy atom. The Labute approximate surface area is 217 Å². The van der Waals surface area contributed by atoms with Crippen LogP contribution in [0.1, 0.15) is 56.1 Å². The fourth-order valence-corrected chi connectivity index (χ4v) is 5.07. The van der Waals surface area contributed by atoms with E-state index < -0.39 is 5.97 Å². The number of rotatable bonds is 5. The van der Waals surface area contributed by atoms with Crippen LogP contribution in [0, 0.1) is 0 Å². The van der Waals surface area contributed by atoms with Crippen molar-refractivity contribution in [1.82, 2.24) is 9.88 Å². The first-order chi connectivity index (χ1) is 17.2. The lowest BCUT2D eigenvalue weighted by Gasteiger charge is -2.27. The maximum atomic E-state index is 11.9. The van der Waals surface area contributed by atoms with Crippen molar-refractivity contribution in [3.63, 3.8) is 0 Å². The van der Waals surface area contributed by atoms with Crippen molar-refractivity contribution in [2.75, 3.05) is 20.8 Å². The third-order valence-electron chi connectivity index (χ3n) is 6.50. The maximum Gasteiger partial charge on any atom is 0.352 e. The number of thiophene rings is 1. The monoisotopic (exact) mass is 512 g/mol. The molecule has 8 heteroatoms. The van der Waals surface area contributed by atoms with Crippen LogP contribution in [-0.2, 0) is 17.7 Å². The van der Waals surface area contributed by atoms with Gasteiger partial charge in [-0.05, 0) is 82.3 Å². The van der Waals surface area contributed by atoms with Crippen LogP contribution in [0.5, 0.6) is 11.5 Å². The second kappa shape index (κ2) is 11.1. The molecule has 2 N–H and O–H groups in total. The minimum Gasteiger partial charge on any atom is -0.493 e. The predicted octanol–water partition coefficient (Wildman–Crippen LogP) is 6.06. The van der Waals surface area contributed by atoms with E-state index in [1.54, 1.807) is 24.5 Å². The molecule has 1 fully saturated rings. The summed E-state index contributed by atoms with van der Waals surface area (Å²) in [7, 11) is 3.60. The number of benzene rings is 1. The van der Waals surface area contributed by atoms with Crippen molar-refractivity contribution in [1.29, 1.82) is 0 Å². The van der Waals surface area contributed by atoms with E-state index in [1.807, 2.05) is 41.3 Å². The highest BCUT2D eigenvalue weighted by atomic mass is 32.1. The van der Waals surface area contributed by atoms with E-state index >= 15 is 0 Å². The molecule has 2 aliphatic rings. The van der Waals surface area contributed by atoms with Gasteiger partial charge in [-0.2, -0.15) is 0 Å². The van der Waals surface area contributed by atoms with Gasteiger partial charge in [0.1, 0.15) is 5.69 Å². The molecule has 4 heterocycles. The number of ether oxygens (including phenoxy) is 3. The van der Waals surface area contributed by atoms with E-state index in [2.05, 4.69) is 26.1 Å². The molecular formula is C28H36N2O5S. The van der Waals surface area contributed by atoms with Crippen LogP contribution < -0.4 is 14.8 Å². The van der Waals surface area contributed by atoms with Crippen LogP contribution in [0.25, 0.3) is 21.7 Å². The van der Waals surface area contributed by atoms with Gasteiger partial charge >= 0.3 is 5.97 Å². The van der Waals surface area contributed by atoms with E-state index in [1.165, 1.54) is 0 Å². The zero-order valence-corrected chi connectivity index (χ0v) is 22.5.